The number of ether oxygens (including phenoxy) is 1. The molecule has 0 saturated heterocycles. The van der Waals surface area contributed by atoms with Gasteiger partial charge in [0, 0.05) is 12.3 Å². The predicted molar refractivity (Wildman–Crippen MR) is 142 cm³/mol. The normalized spacial score (nSPS) is 44.0. The van der Waals surface area contributed by atoms with Crippen molar-refractivity contribution in [1.82, 2.24) is 0 Å². The summed E-state index contributed by atoms with van der Waals surface area (Å²) in [6.45, 7) is 21.6. The fourth-order valence-corrected chi connectivity index (χ4v) is 10.1. The van der Waals surface area contributed by atoms with Gasteiger partial charge in [-0.3, -0.25) is 4.79 Å². The van der Waals surface area contributed by atoms with Gasteiger partial charge in [0.25, 0.3) is 0 Å². The first-order valence-corrected chi connectivity index (χ1v) is 14.6. The van der Waals surface area contributed by atoms with Crippen LogP contribution in [0.5, 0.6) is 0 Å². The molecule has 2 nitrogen and oxygen atoms in total. The van der Waals surface area contributed by atoms with E-state index in [0.717, 1.165) is 30.1 Å². The Labute approximate surface area is 211 Å². The van der Waals surface area contributed by atoms with Crippen LogP contribution >= 0.6 is 0 Å². The molecule has 2 heteroatoms. The minimum atomic E-state index is -0.116. The molecule has 34 heavy (non-hydrogen) atoms. The van der Waals surface area contributed by atoms with Crippen LogP contribution in [0, 0.1) is 51.2 Å². The van der Waals surface area contributed by atoms with Crippen LogP contribution in [-0.4, -0.2) is 12.1 Å². The molecule has 0 amide bonds. The Bertz CT molecular complexity index is 808. The summed E-state index contributed by atoms with van der Waals surface area (Å²) in [5.74, 6) is 3.75. The van der Waals surface area contributed by atoms with E-state index in [-0.39, 0.29) is 22.9 Å². The molecule has 3 saturated carbocycles. The van der Waals surface area contributed by atoms with E-state index in [0.29, 0.717) is 16.7 Å². The van der Waals surface area contributed by atoms with Crippen molar-refractivity contribution in [3.05, 3.63) is 11.6 Å². The summed E-state index contributed by atoms with van der Waals surface area (Å²) >= 11 is 0. The first kappa shape index (κ1) is 26.3. The molecule has 3 fully saturated rings. The molecule has 194 valence electrons. The van der Waals surface area contributed by atoms with Gasteiger partial charge < -0.3 is 4.74 Å². The van der Waals surface area contributed by atoms with Gasteiger partial charge in [-0.15, -0.1) is 0 Å². The van der Waals surface area contributed by atoms with Crippen molar-refractivity contribution >= 4 is 5.97 Å². The maximum absolute atomic E-state index is 11.8. The molecule has 0 aromatic heterocycles. The van der Waals surface area contributed by atoms with Crippen molar-refractivity contribution in [1.29, 1.82) is 0 Å². The number of hydrogen-bond acceptors (Lipinski definition) is 2. The third-order valence-electron chi connectivity index (χ3n) is 12.3. The van der Waals surface area contributed by atoms with E-state index in [4.69, 9.17) is 4.74 Å². The van der Waals surface area contributed by atoms with E-state index < -0.39 is 0 Å². The van der Waals surface area contributed by atoms with E-state index in [1.165, 1.54) is 57.8 Å². The fourth-order valence-electron chi connectivity index (χ4n) is 10.1. The van der Waals surface area contributed by atoms with E-state index in [9.17, 15) is 4.79 Å². The Balaban J connectivity index is 1.59. The molecule has 0 heterocycles. The second kappa shape index (κ2) is 8.95. The van der Waals surface area contributed by atoms with Gasteiger partial charge in [0.15, 0.2) is 0 Å². The number of fused-ring (bicyclic) bond motifs is 5. The Kier molecular flexibility index (Phi) is 6.92. The lowest BCUT2D eigenvalue weighted by Gasteiger charge is -2.64. The second-order valence-electron chi connectivity index (χ2n) is 14.7. The molecular weight excluding hydrogens is 416 g/mol. The summed E-state index contributed by atoms with van der Waals surface area (Å²) in [6, 6.07) is 0. The standard InChI is InChI=1S/C32H54O2/c1-21(2)11-10-12-22(3)24-15-19-32(9)26-13-14-27-29(5,6)28(34-23(4)33)17-18-30(27,7)25(26)16-20-31(24,32)8/h16,21-22,24,26-28H,10-15,17-20H2,1-9H3/t22-,24-,26?,27?,28+,30-,31-,32+/m1/s1. The van der Waals surface area contributed by atoms with E-state index in [1.807, 2.05) is 0 Å². The van der Waals surface area contributed by atoms with Crippen molar-refractivity contribution in [3.63, 3.8) is 0 Å². The number of carbonyl (C=O) groups excluding carboxylic acids is 1. The smallest absolute Gasteiger partial charge is 0.302 e. The fraction of sp³-hybridized carbons (Fsp3) is 0.906. The van der Waals surface area contributed by atoms with E-state index in [2.05, 4.69) is 61.5 Å². The van der Waals surface area contributed by atoms with Crippen LogP contribution in [0.2, 0.25) is 0 Å². The highest BCUT2D eigenvalue weighted by molar-refractivity contribution is 5.66. The van der Waals surface area contributed by atoms with Crippen molar-refractivity contribution < 1.29 is 9.53 Å². The van der Waals surface area contributed by atoms with Crippen molar-refractivity contribution in [3.8, 4) is 0 Å². The molecule has 0 N–H and O–H groups in total. The van der Waals surface area contributed by atoms with Gasteiger partial charge in [0.1, 0.15) is 6.10 Å². The molecular formula is C32H54O2. The van der Waals surface area contributed by atoms with Crippen LogP contribution in [0.4, 0.5) is 0 Å². The predicted octanol–water partition coefficient (Wildman–Crippen LogP) is 8.99. The van der Waals surface area contributed by atoms with Gasteiger partial charge in [-0.1, -0.05) is 86.3 Å². The molecule has 0 aliphatic heterocycles. The highest BCUT2D eigenvalue weighted by Gasteiger charge is 2.65. The Morgan fingerprint density at radius 2 is 1.68 bits per heavy atom. The summed E-state index contributed by atoms with van der Waals surface area (Å²) in [7, 11) is 0. The molecule has 2 unspecified atom stereocenters. The lowest BCUT2D eigenvalue weighted by Crippen LogP contribution is -2.58. The average molecular weight is 471 g/mol. The summed E-state index contributed by atoms with van der Waals surface area (Å²) in [6.07, 6.45) is 15.9. The quantitative estimate of drug-likeness (QED) is 0.286. The van der Waals surface area contributed by atoms with Gasteiger partial charge in [0.05, 0.1) is 0 Å². The summed E-state index contributed by atoms with van der Waals surface area (Å²) < 4.78 is 5.87. The topological polar surface area (TPSA) is 26.3 Å². The zero-order valence-electron chi connectivity index (χ0n) is 23.9. The molecule has 8 atom stereocenters. The molecule has 4 aliphatic carbocycles. The summed E-state index contributed by atoms with van der Waals surface area (Å²) in [4.78, 5) is 11.8. The zero-order chi connectivity index (χ0) is 25.1. The van der Waals surface area contributed by atoms with Gasteiger partial charge in [-0.25, -0.2) is 0 Å². The zero-order valence-corrected chi connectivity index (χ0v) is 23.9. The Morgan fingerprint density at radius 3 is 2.32 bits per heavy atom. The largest absolute Gasteiger partial charge is 0.462 e. The van der Waals surface area contributed by atoms with Gasteiger partial charge in [-0.2, -0.15) is 0 Å². The third-order valence-corrected chi connectivity index (χ3v) is 12.3. The monoisotopic (exact) mass is 470 g/mol. The number of esters is 1. The average Bonchev–Trinajstić information content (AvgIpc) is 3.01. The highest BCUT2D eigenvalue weighted by atomic mass is 16.5. The summed E-state index contributed by atoms with van der Waals surface area (Å²) in [5.41, 5.74) is 2.96. The lowest BCUT2D eigenvalue weighted by molar-refractivity contribution is -0.170. The minimum absolute atomic E-state index is 0.0370. The molecule has 0 bridgehead atoms. The number of allylic oxidation sites excluding steroid dienone is 2. The maximum atomic E-state index is 11.8. The molecule has 0 aromatic carbocycles. The molecule has 0 radical (unpaired) electrons. The molecule has 4 aliphatic rings. The second-order valence-corrected chi connectivity index (χ2v) is 14.7. The van der Waals surface area contributed by atoms with Crippen LogP contribution in [0.15, 0.2) is 11.6 Å². The minimum Gasteiger partial charge on any atom is -0.462 e. The van der Waals surface area contributed by atoms with Gasteiger partial charge in [-0.05, 0) is 90.8 Å². The van der Waals surface area contributed by atoms with Crippen LogP contribution in [0.25, 0.3) is 0 Å². The number of carbonyl (C=O) groups is 1. The Hall–Kier alpha value is -0.790. The SMILES string of the molecule is CC(=O)O[C@H]1CC[C@]2(C)C3=CC[C@]4(C)[C@@H]([C@H](C)CCCC(C)C)CC[C@@]4(C)C3CCC2C1(C)C. The first-order chi connectivity index (χ1) is 15.8. The summed E-state index contributed by atoms with van der Waals surface area (Å²) in [5, 5.41) is 0. The third kappa shape index (κ3) is 3.92. The molecule has 0 aromatic rings. The highest BCUT2D eigenvalue weighted by Crippen LogP contribution is 2.73. The first-order valence-electron chi connectivity index (χ1n) is 14.6. The van der Waals surface area contributed by atoms with Crippen LogP contribution in [0.1, 0.15) is 127 Å². The van der Waals surface area contributed by atoms with Crippen LogP contribution in [-0.2, 0) is 9.53 Å². The van der Waals surface area contributed by atoms with Crippen LogP contribution in [0.3, 0.4) is 0 Å². The van der Waals surface area contributed by atoms with Crippen molar-refractivity contribution in [2.75, 3.05) is 0 Å². The van der Waals surface area contributed by atoms with Crippen molar-refractivity contribution in [2.45, 2.75) is 133 Å². The van der Waals surface area contributed by atoms with Crippen molar-refractivity contribution in [2.24, 2.45) is 51.2 Å². The van der Waals surface area contributed by atoms with Gasteiger partial charge in [0.2, 0.25) is 0 Å². The number of hydrogen-bond donors (Lipinski definition) is 0. The van der Waals surface area contributed by atoms with E-state index in [1.54, 1.807) is 12.5 Å². The number of rotatable bonds is 6. The van der Waals surface area contributed by atoms with Crippen LogP contribution < -0.4 is 0 Å². The molecule has 4 rings (SSSR count). The Morgan fingerprint density at radius 1 is 0.971 bits per heavy atom. The molecule has 0 spiro atoms. The maximum Gasteiger partial charge on any atom is 0.302 e. The van der Waals surface area contributed by atoms with Gasteiger partial charge >= 0.3 is 5.97 Å². The lowest BCUT2D eigenvalue weighted by atomic mass is 9.41. The van der Waals surface area contributed by atoms with E-state index >= 15 is 0 Å².